The quantitative estimate of drug-likeness (QED) is 0.782. The van der Waals surface area contributed by atoms with Crippen molar-refractivity contribution >= 4 is 5.91 Å². The number of likely N-dealkylation sites (N-methyl/N-ethyl adjacent to an activating group) is 1. The summed E-state index contributed by atoms with van der Waals surface area (Å²) in [6.07, 6.45) is 5.91. The van der Waals surface area contributed by atoms with E-state index in [9.17, 15) is 4.79 Å². The zero-order valence-corrected chi connectivity index (χ0v) is 13.7. The summed E-state index contributed by atoms with van der Waals surface area (Å²) in [7, 11) is 2.17. The van der Waals surface area contributed by atoms with E-state index in [1.54, 1.807) is 0 Å². The number of allylic oxidation sites excluding steroid dienone is 2. The molecule has 4 aliphatic rings. The highest BCUT2D eigenvalue weighted by Gasteiger charge is 2.49. The van der Waals surface area contributed by atoms with Gasteiger partial charge in [0.05, 0.1) is 0 Å². The molecular weight excluding hydrogens is 302 g/mol. The lowest BCUT2D eigenvalue weighted by molar-refractivity contribution is -0.124. The highest BCUT2D eigenvalue weighted by atomic mass is 16.5. The highest BCUT2D eigenvalue weighted by molar-refractivity contribution is 5.85. The van der Waals surface area contributed by atoms with Crippen LogP contribution in [-0.4, -0.2) is 54.5 Å². The molecule has 0 radical (unpaired) electrons. The minimum absolute atomic E-state index is 0.0715. The molecule has 2 saturated heterocycles. The van der Waals surface area contributed by atoms with Gasteiger partial charge in [-0.15, -0.1) is 0 Å². The smallest absolute Gasteiger partial charge is 0.246 e. The van der Waals surface area contributed by atoms with Crippen LogP contribution in [0.15, 0.2) is 48.4 Å². The second-order valence-electron chi connectivity index (χ2n) is 7.21. The van der Waals surface area contributed by atoms with Crippen LogP contribution in [0.4, 0.5) is 0 Å². The molecule has 5 heteroatoms. The van der Waals surface area contributed by atoms with Crippen molar-refractivity contribution in [3.05, 3.63) is 53.9 Å². The van der Waals surface area contributed by atoms with Gasteiger partial charge < -0.3 is 19.9 Å². The largest absolute Gasteiger partial charge is 0.441 e. The maximum absolute atomic E-state index is 12.6. The number of fused-ring (bicyclic) bond motifs is 2. The van der Waals surface area contributed by atoms with E-state index in [0.29, 0.717) is 11.8 Å². The van der Waals surface area contributed by atoms with E-state index in [-0.39, 0.29) is 18.0 Å². The van der Waals surface area contributed by atoms with Crippen molar-refractivity contribution < 1.29 is 9.53 Å². The normalized spacial score (nSPS) is 34.1. The van der Waals surface area contributed by atoms with Crippen LogP contribution in [0.5, 0.6) is 5.75 Å². The topological polar surface area (TPSA) is 44.8 Å². The third-order valence-corrected chi connectivity index (χ3v) is 5.70. The van der Waals surface area contributed by atoms with E-state index in [1.807, 2.05) is 30.4 Å². The van der Waals surface area contributed by atoms with Gasteiger partial charge in [-0.3, -0.25) is 4.79 Å². The van der Waals surface area contributed by atoms with Crippen molar-refractivity contribution in [3.8, 4) is 5.75 Å². The molecule has 4 heterocycles. The van der Waals surface area contributed by atoms with Crippen molar-refractivity contribution in [3.63, 3.8) is 0 Å². The van der Waals surface area contributed by atoms with E-state index >= 15 is 0 Å². The average molecular weight is 323 g/mol. The zero-order chi connectivity index (χ0) is 16.3. The fraction of sp³-hybridized carbons (Fsp3) is 0.421. The van der Waals surface area contributed by atoms with Gasteiger partial charge in [-0.1, -0.05) is 30.4 Å². The third kappa shape index (κ3) is 1.94. The third-order valence-electron chi connectivity index (χ3n) is 5.70. The summed E-state index contributed by atoms with van der Waals surface area (Å²) in [5, 5.41) is 3.14. The number of piperidine rings is 1. The summed E-state index contributed by atoms with van der Waals surface area (Å²) >= 11 is 0. The van der Waals surface area contributed by atoms with Gasteiger partial charge in [0.1, 0.15) is 11.8 Å². The zero-order valence-electron chi connectivity index (χ0n) is 13.7. The number of rotatable bonds is 0. The molecule has 1 aromatic carbocycles. The molecule has 0 aromatic heterocycles. The Morgan fingerprint density at radius 1 is 1.25 bits per heavy atom. The molecule has 0 spiro atoms. The Bertz CT molecular complexity index is 757. The Morgan fingerprint density at radius 3 is 3.04 bits per heavy atom. The number of amides is 1. The average Bonchev–Trinajstić information content (AvgIpc) is 2.82. The standard InChI is InChI=1S/C19H21N3O2/c1-21-10-12-9-20-19(23)15-6-4-8-17-22(15)18(12)14(11-21)13-5-2-3-7-16(13)24-17/h2-8,12,14-15,18H,9-11H2,1H3,(H,20,23). The molecular formula is C19H21N3O2. The second kappa shape index (κ2) is 5.11. The number of hydrogen-bond donors (Lipinski definition) is 1. The van der Waals surface area contributed by atoms with Gasteiger partial charge >= 0.3 is 0 Å². The molecule has 4 aliphatic heterocycles. The molecule has 5 nitrogen and oxygen atoms in total. The summed E-state index contributed by atoms with van der Waals surface area (Å²) in [6, 6.07) is 8.31. The molecule has 4 atom stereocenters. The molecule has 1 N–H and O–H groups in total. The summed E-state index contributed by atoms with van der Waals surface area (Å²) in [6.45, 7) is 2.69. The van der Waals surface area contributed by atoms with Gasteiger partial charge in [-0.25, -0.2) is 0 Å². The predicted molar refractivity (Wildman–Crippen MR) is 90.4 cm³/mol. The molecule has 124 valence electrons. The number of likely N-dealkylation sites (tertiary alicyclic amines) is 1. The number of nitrogens with zero attached hydrogens (tertiary/aromatic N) is 2. The second-order valence-corrected chi connectivity index (χ2v) is 7.21. The minimum atomic E-state index is -0.278. The maximum atomic E-state index is 12.6. The highest BCUT2D eigenvalue weighted by Crippen LogP contribution is 2.45. The Balaban J connectivity index is 1.72. The lowest BCUT2D eigenvalue weighted by Gasteiger charge is -2.47. The maximum Gasteiger partial charge on any atom is 0.246 e. The Labute approximate surface area is 141 Å². The van der Waals surface area contributed by atoms with E-state index in [4.69, 9.17) is 4.74 Å². The Hall–Kier alpha value is -2.27. The molecule has 0 aliphatic carbocycles. The summed E-state index contributed by atoms with van der Waals surface area (Å²) in [4.78, 5) is 17.2. The Kier molecular flexibility index (Phi) is 3.00. The van der Waals surface area contributed by atoms with Crippen molar-refractivity contribution in [2.75, 3.05) is 26.7 Å². The van der Waals surface area contributed by atoms with Gasteiger partial charge in [-0.2, -0.15) is 0 Å². The first-order valence-electron chi connectivity index (χ1n) is 8.62. The van der Waals surface area contributed by atoms with Gasteiger partial charge in [0.2, 0.25) is 5.91 Å². The van der Waals surface area contributed by atoms with Crippen LogP contribution in [0, 0.1) is 5.92 Å². The number of benzene rings is 1. The van der Waals surface area contributed by atoms with E-state index in [0.717, 1.165) is 31.3 Å². The van der Waals surface area contributed by atoms with Gasteiger partial charge in [0.25, 0.3) is 0 Å². The van der Waals surface area contributed by atoms with Crippen LogP contribution in [0.1, 0.15) is 11.5 Å². The fourth-order valence-corrected chi connectivity index (χ4v) is 4.76. The number of nitrogens with one attached hydrogen (secondary N) is 1. The first kappa shape index (κ1) is 14.1. The Morgan fingerprint density at radius 2 is 2.12 bits per heavy atom. The van der Waals surface area contributed by atoms with E-state index < -0.39 is 0 Å². The van der Waals surface area contributed by atoms with Crippen LogP contribution >= 0.6 is 0 Å². The monoisotopic (exact) mass is 323 g/mol. The molecule has 1 aromatic rings. The molecule has 4 unspecified atom stereocenters. The van der Waals surface area contributed by atoms with Crippen LogP contribution in [0.2, 0.25) is 0 Å². The molecule has 24 heavy (non-hydrogen) atoms. The van der Waals surface area contributed by atoms with Crippen LogP contribution < -0.4 is 10.1 Å². The molecule has 0 saturated carbocycles. The predicted octanol–water partition coefficient (Wildman–Crippen LogP) is 1.30. The molecule has 2 fully saturated rings. The van der Waals surface area contributed by atoms with Crippen LogP contribution in [0.25, 0.3) is 0 Å². The van der Waals surface area contributed by atoms with Crippen molar-refractivity contribution in [2.24, 2.45) is 5.92 Å². The molecule has 1 amide bonds. The molecule has 0 bridgehead atoms. The lowest BCUT2D eigenvalue weighted by Crippen LogP contribution is -2.56. The fourth-order valence-electron chi connectivity index (χ4n) is 4.76. The van der Waals surface area contributed by atoms with Crippen molar-refractivity contribution in [2.45, 2.75) is 18.0 Å². The van der Waals surface area contributed by atoms with Crippen molar-refractivity contribution in [1.82, 2.24) is 15.1 Å². The number of para-hydroxylation sites is 1. The van der Waals surface area contributed by atoms with Crippen molar-refractivity contribution in [1.29, 1.82) is 0 Å². The van der Waals surface area contributed by atoms with E-state index in [1.165, 1.54) is 5.56 Å². The van der Waals surface area contributed by atoms with Crippen LogP contribution in [-0.2, 0) is 4.79 Å². The van der Waals surface area contributed by atoms with Gasteiger partial charge in [0, 0.05) is 43.1 Å². The first-order valence-corrected chi connectivity index (χ1v) is 8.62. The van der Waals surface area contributed by atoms with Gasteiger partial charge in [0.15, 0.2) is 5.88 Å². The summed E-state index contributed by atoms with van der Waals surface area (Å²) in [5.41, 5.74) is 1.25. The van der Waals surface area contributed by atoms with Gasteiger partial charge in [-0.05, 0) is 19.2 Å². The number of ether oxygens (including phenoxy) is 1. The molecule has 5 rings (SSSR count). The van der Waals surface area contributed by atoms with E-state index in [2.05, 4.69) is 34.3 Å². The lowest BCUT2D eigenvalue weighted by atomic mass is 9.78. The number of carbonyl (C=O) groups excluding carboxylic acids is 1. The first-order chi connectivity index (χ1) is 11.7. The number of carbonyl (C=O) groups is 1. The summed E-state index contributed by atoms with van der Waals surface area (Å²) < 4.78 is 6.28. The SMILES string of the molecule is CN1CC2CNC(=O)C3C=CC=C4Oc5ccccc5C(C1)C2N43. The minimum Gasteiger partial charge on any atom is -0.441 e. The number of hydrogen-bond acceptors (Lipinski definition) is 4. The summed E-state index contributed by atoms with van der Waals surface area (Å²) in [5.74, 6) is 2.51. The van der Waals surface area contributed by atoms with Crippen LogP contribution in [0.3, 0.4) is 0 Å².